The predicted octanol–water partition coefficient (Wildman–Crippen LogP) is 8.35. The van der Waals surface area contributed by atoms with Gasteiger partial charge in [0.15, 0.2) is 0 Å². The zero-order chi connectivity index (χ0) is 23.5. The highest BCUT2D eigenvalue weighted by molar-refractivity contribution is 5.95. The largest absolute Gasteiger partial charge is 0.494 e. The van der Waals surface area contributed by atoms with E-state index in [-0.39, 0.29) is 0 Å². The van der Waals surface area contributed by atoms with E-state index >= 15 is 0 Å². The number of rotatable bonds is 10. The SMILES string of the molecule is CCCC.CCCCCC(C)n1c(-c2ccc(OCC)cc2)cc2cc(C(=O)O)ccc21. The average molecular weight is 438 g/mol. The number of nitrogens with zero attached hydrogens (tertiary/aromatic N) is 1. The molecule has 0 saturated carbocycles. The van der Waals surface area contributed by atoms with E-state index in [2.05, 4.69) is 50.5 Å². The first-order chi connectivity index (χ1) is 15.5. The van der Waals surface area contributed by atoms with Crippen LogP contribution in [0.3, 0.4) is 0 Å². The molecule has 1 N–H and O–H groups in total. The molecule has 3 rings (SSSR count). The van der Waals surface area contributed by atoms with E-state index in [9.17, 15) is 9.90 Å². The van der Waals surface area contributed by atoms with Gasteiger partial charge in [0.05, 0.1) is 12.2 Å². The number of hydrogen-bond donors (Lipinski definition) is 1. The van der Waals surface area contributed by atoms with Crippen LogP contribution in [-0.2, 0) is 0 Å². The average Bonchev–Trinajstić information content (AvgIpc) is 3.19. The number of ether oxygens (including phenoxy) is 1. The Morgan fingerprint density at radius 3 is 2.19 bits per heavy atom. The number of carboxylic acid groups (broad SMARTS) is 1. The first kappa shape index (κ1) is 25.5. The summed E-state index contributed by atoms with van der Waals surface area (Å²) in [5.74, 6) is -0.0358. The monoisotopic (exact) mass is 437 g/mol. The van der Waals surface area contributed by atoms with E-state index in [0.717, 1.165) is 34.3 Å². The number of benzene rings is 2. The lowest BCUT2D eigenvalue weighted by Gasteiger charge is -2.19. The van der Waals surface area contributed by atoms with Crippen LogP contribution in [0.1, 0.15) is 89.5 Å². The number of fused-ring (bicyclic) bond motifs is 1. The number of hydrogen-bond acceptors (Lipinski definition) is 2. The lowest BCUT2D eigenvalue weighted by atomic mass is 10.1. The van der Waals surface area contributed by atoms with Gasteiger partial charge in [0, 0.05) is 22.6 Å². The fourth-order valence-electron chi connectivity index (χ4n) is 3.77. The molecule has 0 radical (unpaired) electrons. The standard InChI is InChI=1S/C24H29NO3.C4H10/c1-4-6-7-8-17(3)25-22-14-11-19(24(26)27)15-20(22)16-23(25)18-9-12-21(13-10-18)28-5-2;1-3-4-2/h9-17H,4-8H2,1-3H3,(H,26,27);3-4H2,1-2H3. The van der Waals surface area contributed by atoms with E-state index in [4.69, 9.17) is 4.74 Å². The van der Waals surface area contributed by atoms with E-state index in [1.54, 1.807) is 12.1 Å². The molecule has 0 aliphatic heterocycles. The van der Waals surface area contributed by atoms with E-state index < -0.39 is 5.97 Å². The number of carboxylic acids is 1. The summed E-state index contributed by atoms with van der Waals surface area (Å²) in [6.45, 7) is 11.4. The second kappa shape index (κ2) is 12.9. The molecule has 0 fully saturated rings. The molecule has 0 aliphatic rings. The van der Waals surface area contributed by atoms with Gasteiger partial charge in [-0.15, -0.1) is 0 Å². The van der Waals surface area contributed by atoms with Crippen LogP contribution in [0.4, 0.5) is 0 Å². The third-order valence-corrected chi connectivity index (χ3v) is 5.71. The number of aromatic nitrogens is 1. The van der Waals surface area contributed by atoms with Gasteiger partial charge in [-0.1, -0.05) is 52.9 Å². The third-order valence-electron chi connectivity index (χ3n) is 5.71. The molecular formula is C28H39NO3. The van der Waals surface area contributed by atoms with Gasteiger partial charge in [-0.3, -0.25) is 0 Å². The Morgan fingerprint density at radius 2 is 1.62 bits per heavy atom. The van der Waals surface area contributed by atoms with Crippen molar-refractivity contribution in [1.29, 1.82) is 0 Å². The maximum Gasteiger partial charge on any atom is 0.335 e. The molecule has 1 heterocycles. The summed E-state index contributed by atoms with van der Waals surface area (Å²) in [5.41, 5.74) is 3.63. The molecule has 32 heavy (non-hydrogen) atoms. The Kier molecular flexibility index (Phi) is 10.3. The zero-order valence-electron chi connectivity index (χ0n) is 20.4. The summed E-state index contributed by atoms with van der Waals surface area (Å²) in [5, 5.41) is 10.3. The van der Waals surface area contributed by atoms with Crippen LogP contribution < -0.4 is 4.74 Å². The van der Waals surface area contributed by atoms with Crippen LogP contribution in [0.15, 0.2) is 48.5 Å². The van der Waals surface area contributed by atoms with Gasteiger partial charge in [-0.05, 0) is 74.4 Å². The molecule has 4 nitrogen and oxygen atoms in total. The van der Waals surface area contributed by atoms with Gasteiger partial charge in [0.1, 0.15) is 5.75 Å². The van der Waals surface area contributed by atoms with Crippen LogP contribution in [0.5, 0.6) is 5.75 Å². The minimum absolute atomic E-state index is 0.321. The summed E-state index contributed by atoms with van der Waals surface area (Å²) in [6.07, 6.45) is 7.35. The predicted molar refractivity (Wildman–Crippen MR) is 135 cm³/mol. The topological polar surface area (TPSA) is 51.5 Å². The van der Waals surface area contributed by atoms with Crippen molar-refractivity contribution in [2.45, 2.75) is 79.2 Å². The Labute approximate surface area is 193 Å². The molecule has 3 aromatic rings. The molecule has 0 amide bonds. The Morgan fingerprint density at radius 1 is 0.938 bits per heavy atom. The minimum Gasteiger partial charge on any atom is -0.494 e. The van der Waals surface area contributed by atoms with Crippen molar-refractivity contribution in [2.75, 3.05) is 6.61 Å². The lowest BCUT2D eigenvalue weighted by molar-refractivity contribution is 0.0697. The molecule has 0 spiro atoms. The summed E-state index contributed by atoms with van der Waals surface area (Å²) < 4.78 is 7.92. The molecule has 4 heteroatoms. The summed E-state index contributed by atoms with van der Waals surface area (Å²) in [4.78, 5) is 11.4. The second-order valence-corrected chi connectivity index (χ2v) is 8.28. The molecular weight excluding hydrogens is 398 g/mol. The normalized spacial score (nSPS) is 11.7. The van der Waals surface area contributed by atoms with Gasteiger partial charge >= 0.3 is 5.97 Å². The summed E-state index contributed by atoms with van der Waals surface area (Å²) in [6, 6.07) is 16.0. The molecule has 1 unspecified atom stereocenters. The number of unbranched alkanes of at least 4 members (excludes halogenated alkanes) is 3. The van der Waals surface area contributed by atoms with Crippen molar-refractivity contribution >= 4 is 16.9 Å². The molecule has 1 aromatic heterocycles. The molecule has 0 bridgehead atoms. The van der Waals surface area contributed by atoms with Gasteiger partial charge in [-0.2, -0.15) is 0 Å². The highest BCUT2D eigenvalue weighted by Gasteiger charge is 2.17. The molecule has 0 saturated heterocycles. The molecule has 0 aliphatic carbocycles. The van der Waals surface area contributed by atoms with Crippen molar-refractivity contribution < 1.29 is 14.6 Å². The fourth-order valence-corrected chi connectivity index (χ4v) is 3.77. The van der Waals surface area contributed by atoms with Crippen LogP contribution in [0.25, 0.3) is 22.2 Å². The van der Waals surface area contributed by atoms with Crippen LogP contribution in [-0.4, -0.2) is 22.2 Å². The number of carbonyl (C=O) groups is 1. The fraction of sp³-hybridized carbons (Fsp3) is 0.464. The van der Waals surface area contributed by atoms with E-state index in [1.165, 1.54) is 32.1 Å². The van der Waals surface area contributed by atoms with Crippen LogP contribution >= 0.6 is 0 Å². The Balaban J connectivity index is 0.000000837. The van der Waals surface area contributed by atoms with Crippen molar-refractivity contribution in [3.63, 3.8) is 0 Å². The third kappa shape index (κ3) is 6.62. The molecule has 1 atom stereocenters. The van der Waals surface area contributed by atoms with Crippen molar-refractivity contribution in [3.8, 4) is 17.0 Å². The van der Waals surface area contributed by atoms with Gasteiger partial charge < -0.3 is 14.4 Å². The molecule has 174 valence electrons. The summed E-state index contributed by atoms with van der Waals surface area (Å²) >= 11 is 0. The highest BCUT2D eigenvalue weighted by atomic mass is 16.5. The van der Waals surface area contributed by atoms with Gasteiger partial charge in [0.25, 0.3) is 0 Å². The maximum atomic E-state index is 11.4. The number of aromatic carboxylic acids is 1. The first-order valence-electron chi connectivity index (χ1n) is 12.1. The van der Waals surface area contributed by atoms with E-state index in [0.29, 0.717) is 18.2 Å². The second-order valence-electron chi connectivity index (χ2n) is 8.28. The van der Waals surface area contributed by atoms with Gasteiger partial charge in [-0.25, -0.2) is 4.79 Å². The highest BCUT2D eigenvalue weighted by Crippen LogP contribution is 2.34. The first-order valence-corrected chi connectivity index (χ1v) is 12.1. The quantitative estimate of drug-likeness (QED) is 0.324. The van der Waals surface area contributed by atoms with Crippen molar-refractivity contribution in [2.24, 2.45) is 0 Å². The van der Waals surface area contributed by atoms with Crippen LogP contribution in [0.2, 0.25) is 0 Å². The van der Waals surface area contributed by atoms with Gasteiger partial charge in [0.2, 0.25) is 0 Å². The minimum atomic E-state index is -0.895. The van der Waals surface area contributed by atoms with Crippen molar-refractivity contribution in [3.05, 3.63) is 54.1 Å². The Hall–Kier alpha value is -2.75. The smallest absolute Gasteiger partial charge is 0.335 e. The lowest BCUT2D eigenvalue weighted by Crippen LogP contribution is -2.07. The molecule has 2 aromatic carbocycles. The maximum absolute atomic E-state index is 11.4. The Bertz CT molecular complexity index is 970. The van der Waals surface area contributed by atoms with E-state index in [1.807, 2.05) is 25.1 Å². The van der Waals surface area contributed by atoms with Crippen LogP contribution in [0, 0.1) is 0 Å². The summed E-state index contributed by atoms with van der Waals surface area (Å²) in [7, 11) is 0. The van der Waals surface area contributed by atoms with Crippen molar-refractivity contribution in [1.82, 2.24) is 4.57 Å². The zero-order valence-corrected chi connectivity index (χ0v) is 20.4.